The minimum absolute atomic E-state index is 0.0887. The third-order valence-electron chi connectivity index (χ3n) is 6.31. The number of rotatable bonds is 11. The number of aliphatic hydroxyl groups excluding tert-OH is 1. The highest BCUT2D eigenvalue weighted by atomic mass is 16.2. The summed E-state index contributed by atoms with van der Waals surface area (Å²) in [6, 6.07) is 0.297. The Balaban J connectivity index is 1.76. The summed E-state index contributed by atoms with van der Waals surface area (Å²) in [6.07, 6.45) is 13.6. The van der Waals surface area contributed by atoms with Crippen LogP contribution in [0, 0.1) is 5.92 Å². The lowest BCUT2D eigenvalue weighted by atomic mass is 9.84. The number of hydrogen-bond donors (Lipinski definition) is 3. The van der Waals surface area contributed by atoms with Crippen LogP contribution in [-0.4, -0.2) is 45.0 Å². The second-order valence-electron chi connectivity index (χ2n) is 8.47. The van der Waals surface area contributed by atoms with E-state index in [0.717, 1.165) is 48.9 Å². The van der Waals surface area contributed by atoms with Crippen LogP contribution in [0.1, 0.15) is 82.0 Å². The Morgan fingerprint density at radius 1 is 1.20 bits per heavy atom. The van der Waals surface area contributed by atoms with Crippen molar-refractivity contribution in [2.24, 2.45) is 5.92 Å². The van der Waals surface area contributed by atoms with Gasteiger partial charge >= 0.3 is 0 Å². The van der Waals surface area contributed by atoms with Crippen LogP contribution in [0.25, 0.3) is 11.0 Å². The molecule has 1 aliphatic carbocycles. The molecule has 0 bridgehead atoms. The topological polar surface area (TPSA) is 92.1 Å². The van der Waals surface area contributed by atoms with Gasteiger partial charge in [-0.25, -0.2) is 9.67 Å². The monoisotopic (exact) mass is 415 g/mol. The fourth-order valence-corrected chi connectivity index (χ4v) is 4.45. The predicted octanol–water partition coefficient (Wildman–Crippen LogP) is 4.11. The lowest BCUT2D eigenvalue weighted by Gasteiger charge is -2.29. The number of nitrogens with zero attached hydrogens (tertiary/aromatic N) is 3. The molecule has 2 aromatic heterocycles. The van der Waals surface area contributed by atoms with Crippen molar-refractivity contribution in [3.63, 3.8) is 0 Å². The minimum atomic E-state index is -0.0887. The van der Waals surface area contributed by atoms with Gasteiger partial charge in [0.05, 0.1) is 22.8 Å². The number of aliphatic hydroxyl groups is 1. The zero-order chi connectivity index (χ0) is 21.3. The SMILES string of the molecule is CCn1ncc2c(N[C@H](C)C3CCCCC3)c(C(=O)NCCCCCCO)cnc21. The highest BCUT2D eigenvalue weighted by molar-refractivity contribution is 6.06. The van der Waals surface area contributed by atoms with E-state index < -0.39 is 0 Å². The quantitative estimate of drug-likeness (QED) is 0.480. The zero-order valence-corrected chi connectivity index (χ0v) is 18.5. The van der Waals surface area contributed by atoms with E-state index in [9.17, 15) is 4.79 Å². The molecule has 1 fully saturated rings. The third kappa shape index (κ3) is 5.50. The van der Waals surface area contributed by atoms with Crippen molar-refractivity contribution in [3.8, 4) is 0 Å². The summed E-state index contributed by atoms with van der Waals surface area (Å²) in [4.78, 5) is 17.5. The Morgan fingerprint density at radius 2 is 1.97 bits per heavy atom. The molecule has 1 saturated carbocycles. The van der Waals surface area contributed by atoms with Crippen LogP contribution in [0.15, 0.2) is 12.4 Å². The number of carbonyl (C=O) groups is 1. The molecular formula is C23H37N5O2. The standard InChI is InChI=1S/C23H37N5O2/c1-3-28-22-19(16-26-28)21(27-17(2)18-11-7-6-8-12-18)20(15-25-22)23(30)24-13-9-4-5-10-14-29/h15-18,29H,3-14H2,1-2H3,(H,24,30)(H,25,27)/t17-/m1/s1. The molecule has 1 aliphatic rings. The number of aryl methyl sites for hydroxylation is 1. The van der Waals surface area contributed by atoms with Gasteiger partial charge in [-0.3, -0.25) is 4.79 Å². The van der Waals surface area contributed by atoms with Crippen LogP contribution in [0.2, 0.25) is 0 Å². The molecule has 1 atom stereocenters. The van der Waals surface area contributed by atoms with E-state index in [1.807, 2.05) is 17.8 Å². The van der Waals surface area contributed by atoms with Gasteiger partial charge in [-0.15, -0.1) is 0 Å². The molecule has 7 nitrogen and oxygen atoms in total. The number of aromatic nitrogens is 3. The first-order valence-corrected chi connectivity index (χ1v) is 11.7. The van der Waals surface area contributed by atoms with Gasteiger partial charge in [-0.05, 0) is 45.4 Å². The Labute approximate surface area is 179 Å². The van der Waals surface area contributed by atoms with Gasteiger partial charge in [-0.2, -0.15) is 5.10 Å². The lowest BCUT2D eigenvalue weighted by molar-refractivity contribution is 0.0953. The summed E-state index contributed by atoms with van der Waals surface area (Å²) in [7, 11) is 0. The normalized spacial score (nSPS) is 16.0. The largest absolute Gasteiger partial charge is 0.396 e. The average molecular weight is 416 g/mol. The Hall–Kier alpha value is -2.15. The molecule has 0 unspecified atom stereocenters. The summed E-state index contributed by atoms with van der Waals surface area (Å²) in [5, 5.41) is 21.0. The molecule has 166 valence electrons. The van der Waals surface area contributed by atoms with Crippen LogP contribution >= 0.6 is 0 Å². The number of carbonyl (C=O) groups excluding carboxylic acids is 1. The first kappa shape index (κ1) is 22.5. The molecular weight excluding hydrogens is 378 g/mol. The first-order valence-electron chi connectivity index (χ1n) is 11.7. The van der Waals surface area contributed by atoms with Crippen molar-refractivity contribution in [2.75, 3.05) is 18.5 Å². The van der Waals surface area contributed by atoms with Gasteiger partial charge < -0.3 is 15.7 Å². The first-order chi connectivity index (χ1) is 14.7. The Kier molecular flexibility index (Phi) is 8.49. The number of fused-ring (bicyclic) bond motifs is 1. The van der Waals surface area contributed by atoms with E-state index in [4.69, 9.17) is 5.11 Å². The van der Waals surface area contributed by atoms with E-state index in [-0.39, 0.29) is 12.5 Å². The van der Waals surface area contributed by atoms with E-state index in [1.54, 1.807) is 6.20 Å². The number of anilines is 1. The maximum Gasteiger partial charge on any atom is 0.254 e. The third-order valence-corrected chi connectivity index (χ3v) is 6.31. The molecule has 0 aliphatic heterocycles. The number of hydrogen-bond acceptors (Lipinski definition) is 5. The van der Waals surface area contributed by atoms with Crippen molar-refractivity contribution in [2.45, 2.75) is 84.2 Å². The van der Waals surface area contributed by atoms with Crippen LogP contribution in [0.5, 0.6) is 0 Å². The highest BCUT2D eigenvalue weighted by Crippen LogP contribution is 2.32. The number of unbranched alkanes of at least 4 members (excludes halogenated alkanes) is 3. The average Bonchev–Trinajstić information content (AvgIpc) is 3.20. The van der Waals surface area contributed by atoms with Crippen LogP contribution in [-0.2, 0) is 6.54 Å². The molecule has 2 heterocycles. The van der Waals surface area contributed by atoms with E-state index in [2.05, 4.69) is 27.6 Å². The van der Waals surface area contributed by atoms with Gasteiger partial charge in [0.2, 0.25) is 0 Å². The van der Waals surface area contributed by atoms with E-state index in [1.165, 1.54) is 32.1 Å². The fourth-order valence-electron chi connectivity index (χ4n) is 4.45. The number of amides is 1. The van der Waals surface area contributed by atoms with Crippen LogP contribution in [0.3, 0.4) is 0 Å². The van der Waals surface area contributed by atoms with Crippen molar-refractivity contribution in [1.29, 1.82) is 0 Å². The molecule has 1 amide bonds. The Morgan fingerprint density at radius 3 is 2.70 bits per heavy atom. The van der Waals surface area contributed by atoms with Crippen molar-refractivity contribution < 1.29 is 9.90 Å². The second-order valence-corrected chi connectivity index (χ2v) is 8.47. The second kappa shape index (κ2) is 11.3. The van der Waals surface area contributed by atoms with Gasteiger partial charge in [0.25, 0.3) is 5.91 Å². The van der Waals surface area contributed by atoms with Crippen LogP contribution < -0.4 is 10.6 Å². The molecule has 30 heavy (non-hydrogen) atoms. The van der Waals surface area contributed by atoms with Gasteiger partial charge in [0.15, 0.2) is 5.65 Å². The zero-order valence-electron chi connectivity index (χ0n) is 18.5. The summed E-state index contributed by atoms with van der Waals surface area (Å²) in [6.45, 7) is 5.89. The van der Waals surface area contributed by atoms with Crippen molar-refractivity contribution in [3.05, 3.63) is 18.0 Å². The maximum absolute atomic E-state index is 13.0. The van der Waals surface area contributed by atoms with Gasteiger partial charge in [0, 0.05) is 31.9 Å². The molecule has 2 aromatic rings. The van der Waals surface area contributed by atoms with E-state index in [0.29, 0.717) is 24.1 Å². The summed E-state index contributed by atoms with van der Waals surface area (Å²) in [5.74, 6) is 0.541. The lowest BCUT2D eigenvalue weighted by Crippen LogP contribution is -2.30. The fraction of sp³-hybridized carbons (Fsp3) is 0.696. The molecule has 3 rings (SSSR count). The van der Waals surface area contributed by atoms with Crippen molar-refractivity contribution >= 4 is 22.6 Å². The minimum Gasteiger partial charge on any atom is -0.396 e. The molecule has 0 radical (unpaired) electrons. The molecule has 0 spiro atoms. The highest BCUT2D eigenvalue weighted by Gasteiger charge is 2.24. The molecule has 3 N–H and O–H groups in total. The molecule has 0 aromatic carbocycles. The van der Waals surface area contributed by atoms with Gasteiger partial charge in [0.1, 0.15) is 0 Å². The maximum atomic E-state index is 13.0. The molecule has 7 heteroatoms. The van der Waals surface area contributed by atoms with E-state index >= 15 is 0 Å². The van der Waals surface area contributed by atoms with Crippen LogP contribution in [0.4, 0.5) is 5.69 Å². The van der Waals surface area contributed by atoms with Crippen molar-refractivity contribution in [1.82, 2.24) is 20.1 Å². The number of nitrogens with one attached hydrogen (secondary N) is 2. The summed E-state index contributed by atoms with van der Waals surface area (Å²) < 4.78 is 1.87. The van der Waals surface area contributed by atoms with Gasteiger partial charge in [-0.1, -0.05) is 32.1 Å². The number of pyridine rings is 1. The summed E-state index contributed by atoms with van der Waals surface area (Å²) >= 11 is 0. The summed E-state index contributed by atoms with van der Waals surface area (Å²) in [5.41, 5.74) is 2.27. The Bertz CT molecular complexity index is 813. The molecule has 0 saturated heterocycles. The smallest absolute Gasteiger partial charge is 0.254 e. The predicted molar refractivity (Wildman–Crippen MR) is 121 cm³/mol.